The molecule has 1 amide bonds. The molecule has 1 aromatic carbocycles. The van der Waals surface area contributed by atoms with Gasteiger partial charge >= 0.3 is 0 Å². The maximum Gasteiger partial charge on any atom is 0.254 e. The summed E-state index contributed by atoms with van der Waals surface area (Å²) in [6, 6.07) is 9.26. The normalized spacial score (nSPS) is 19.3. The molecule has 0 spiro atoms. The van der Waals surface area contributed by atoms with E-state index in [1.165, 1.54) is 0 Å². The van der Waals surface area contributed by atoms with Crippen molar-refractivity contribution in [3.8, 4) is 0 Å². The quantitative estimate of drug-likeness (QED) is 0.912. The molecule has 1 aliphatic rings. The van der Waals surface area contributed by atoms with E-state index >= 15 is 0 Å². The number of nitrogens with zero attached hydrogens (tertiary/aromatic N) is 2. The Morgan fingerprint density at radius 1 is 1.38 bits per heavy atom. The summed E-state index contributed by atoms with van der Waals surface area (Å²) < 4.78 is 23.2. The number of benzene rings is 1. The molecule has 0 radical (unpaired) electrons. The first-order valence-electron chi connectivity index (χ1n) is 7.93. The van der Waals surface area contributed by atoms with Gasteiger partial charge in [-0.2, -0.15) is 0 Å². The Kier molecular flexibility index (Phi) is 4.45. The molecule has 6 nitrogen and oxygen atoms in total. The van der Waals surface area contributed by atoms with Crippen LogP contribution in [0.2, 0.25) is 0 Å². The van der Waals surface area contributed by atoms with Crippen LogP contribution in [0.5, 0.6) is 0 Å². The van der Waals surface area contributed by atoms with E-state index in [4.69, 9.17) is 0 Å². The molecular weight excluding hydrogens is 326 g/mol. The van der Waals surface area contributed by atoms with E-state index in [2.05, 4.69) is 10.3 Å². The van der Waals surface area contributed by atoms with E-state index in [9.17, 15) is 13.2 Å². The van der Waals surface area contributed by atoms with E-state index in [0.717, 1.165) is 10.9 Å². The average molecular weight is 347 g/mol. The van der Waals surface area contributed by atoms with Gasteiger partial charge in [0.2, 0.25) is 0 Å². The van der Waals surface area contributed by atoms with Gasteiger partial charge in [0.25, 0.3) is 5.91 Å². The van der Waals surface area contributed by atoms with Gasteiger partial charge in [-0.3, -0.25) is 4.79 Å². The molecule has 1 saturated heterocycles. The van der Waals surface area contributed by atoms with Crippen LogP contribution >= 0.6 is 0 Å². The number of hydrogen-bond donors (Lipinski definition) is 1. The molecule has 2 aromatic rings. The molecule has 128 valence electrons. The van der Waals surface area contributed by atoms with Crippen molar-refractivity contribution < 1.29 is 13.2 Å². The van der Waals surface area contributed by atoms with E-state index in [1.807, 2.05) is 24.3 Å². The third-order valence-corrected chi connectivity index (χ3v) is 6.25. The third kappa shape index (κ3) is 3.36. The van der Waals surface area contributed by atoms with Crippen LogP contribution in [0.25, 0.3) is 10.9 Å². The number of para-hydroxylation sites is 1. The smallest absolute Gasteiger partial charge is 0.254 e. The second kappa shape index (κ2) is 6.39. The summed E-state index contributed by atoms with van der Waals surface area (Å²) >= 11 is 0. The SMILES string of the molecule is CNc1cc(C(=O)N(C)CC2CCS(=O)(=O)C2)c2ccccc2n1. The number of amides is 1. The predicted molar refractivity (Wildman–Crippen MR) is 95.0 cm³/mol. The monoisotopic (exact) mass is 347 g/mol. The predicted octanol–water partition coefficient (Wildman–Crippen LogP) is 1.78. The molecule has 1 N–H and O–H groups in total. The van der Waals surface area contributed by atoms with Crippen molar-refractivity contribution in [1.29, 1.82) is 0 Å². The van der Waals surface area contributed by atoms with Crippen molar-refractivity contribution in [2.45, 2.75) is 6.42 Å². The van der Waals surface area contributed by atoms with Crippen molar-refractivity contribution >= 4 is 32.5 Å². The summed E-state index contributed by atoms with van der Waals surface area (Å²) in [5.41, 5.74) is 1.33. The minimum atomic E-state index is -2.93. The van der Waals surface area contributed by atoms with Gasteiger partial charge in [0.05, 0.1) is 22.6 Å². The van der Waals surface area contributed by atoms with Crippen LogP contribution < -0.4 is 5.32 Å². The summed E-state index contributed by atoms with van der Waals surface area (Å²) in [7, 11) is 0.551. The molecular formula is C17H21N3O3S. The van der Waals surface area contributed by atoms with Gasteiger partial charge in [-0.25, -0.2) is 13.4 Å². The third-order valence-electron chi connectivity index (χ3n) is 4.41. The molecule has 7 heteroatoms. The maximum absolute atomic E-state index is 12.9. The highest BCUT2D eigenvalue weighted by Crippen LogP contribution is 2.24. The van der Waals surface area contributed by atoms with Gasteiger partial charge in [-0.15, -0.1) is 0 Å². The van der Waals surface area contributed by atoms with Crippen molar-refractivity contribution in [1.82, 2.24) is 9.88 Å². The summed E-state index contributed by atoms with van der Waals surface area (Å²) in [4.78, 5) is 19.0. The number of hydrogen-bond acceptors (Lipinski definition) is 5. The van der Waals surface area contributed by atoms with Crippen molar-refractivity contribution in [3.05, 3.63) is 35.9 Å². The summed E-state index contributed by atoms with van der Waals surface area (Å²) in [5.74, 6) is 0.926. The lowest BCUT2D eigenvalue weighted by molar-refractivity contribution is 0.0779. The molecule has 0 aliphatic carbocycles. The topological polar surface area (TPSA) is 79.4 Å². The number of fused-ring (bicyclic) bond motifs is 1. The van der Waals surface area contributed by atoms with Gasteiger partial charge in [0, 0.05) is 26.0 Å². The molecule has 0 saturated carbocycles. The Labute approximate surface area is 141 Å². The van der Waals surface area contributed by atoms with E-state index < -0.39 is 9.84 Å². The van der Waals surface area contributed by atoms with Crippen molar-refractivity contribution in [2.75, 3.05) is 37.5 Å². The first-order valence-corrected chi connectivity index (χ1v) is 9.75. The minimum absolute atomic E-state index is 0.0146. The van der Waals surface area contributed by atoms with Crippen LogP contribution in [-0.4, -0.2) is 56.4 Å². The first kappa shape index (κ1) is 16.7. The second-order valence-corrected chi connectivity index (χ2v) is 8.51. The molecule has 1 fully saturated rings. The molecule has 2 heterocycles. The van der Waals surface area contributed by atoms with Crippen LogP contribution in [0.15, 0.2) is 30.3 Å². The van der Waals surface area contributed by atoms with Crippen LogP contribution in [-0.2, 0) is 9.84 Å². The molecule has 0 bridgehead atoms. The highest BCUT2D eigenvalue weighted by molar-refractivity contribution is 7.91. The highest BCUT2D eigenvalue weighted by atomic mass is 32.2. The summed E-state index contributed by atoms with van der Waals surface area (Å²) in [6.07, 6.45) is 0.624. The van der Waals surface area contributed by atoms with Crippen LogP contribution in [0.1, 0.15) is 16.8 Å². The summed E-state index contributed by atoms with van der Waals surface area (Å²) in [6.45, 7) is 0.448. The fraction of sp³-hybridized carbons (Fsp3) is 0.412. The lowest BCUT2D eigenvalue weighted by Gasteiger charge is -2.21. The van der Waals surface area contributed by atoms with Crippen molar-refractivity contribution in [3.63, 3.8) is 0 Å². The zero-order valence-corrected chi connectivity index (χ0v) is 14.6. The zero-order valence-electron chi connectivity index (χ0n) is 13.8. The number of pyridine rings is 1. The Hall–Kier alpha value is -2.15. The Balaban J connectivity index is 1.87. The van der Waals surface area contributed by atoms with Gasteiger partial charge < -0.3 is 10.2 Å². The average Bonchev–Trinajstić information content (AvgIpc) is 2.91. The second-order valence-electron chi connectivity index (χ2n) is 6.28. The minimum Gasteiger partial charge on any atom is -0.373 e. The molecule has 3 rings (SSSR count). The molecule has 1 unspecified atom stereocenters. The van der Waals surface area contributed by atoms with Crippen molar-refractivity contribution in [2.24, 2.45) is 5.92 Å². The van der Waals surface area contributed by atoms with E-state index in [-0.39, 0.29) is 23.3 Å². The first-order chi connectivity index (χ1) is 11.4. The number of aromatic nitrogens is 1. The number of carbonyl (C=O) groups excluding carboxylic acids is 1. The Morgan fingerprint density at radius 3 is 2.79 bits per heavy atom. The Morgan fingerprint density at radius 2 is 2.12 bits per heavy atom. The van der Waals surface area contributed by atoms with Crippen LogP contribution in [0.4, 0.5) is 5.82 Å². The van der Waals surface area contributed by atoms with E-state index in [1.54, 1.807) is 25.1 Å². The lowest BCUT2D eigenvalue weighted by atomic mass is 10.1. The largest absolute Gasteiger partial charge is 0.373 e. The molecule has 1 aromatic heterocycles. The van der Waals surface area contributed by atoms with Gasteiger partial charge in [0.15, 0.2) is 9.84 Å². The fourth-order valence-electron chi connectivity index (χ4n) is 3.17. The van der Waals surface area contributed by atoms with E-state index in [0.29, 0.717) is 24.3 Å². The number of nitrogens with one attached hydrogen (secondary N) is 1. The summed E-state index contributed by atoms with van der Waals surface area (Å²) in [5, 5.41) is 3.77. The number of carbonyl (C=O) groups is 1. The van der Waals surface area contributed by atoms with Gasteiger partial charge in [0.1, 0.15) is 5.82 Å². The maximum atomic E-state index is 12.9. The zero-order chi connectivity index (χ0) is 17.3. The van der Waals surface area contributed by atoms with Gasteiger partial charge in [-0.1, -0.05) is 18.2 Å². The highest BCUT2D eigenvalue weighted by Gasteiger charge is 2.30. The van der Waals surface area contributed by atoms with Crippen LogP contribution in [0, 0.1) is 5.92 Å². The standard InChI is InChI=1S/C17H21N3O3S/c1-18-16-9-14(13-5-3-4-6-15(13)19-16)17(21)20(2)10-12-7-8-24(22,23)11-12/h3-6,9,12H,7-8,10-11H2,1-2H3,(H,18,19). The molecule has 1 aliphatic heterocycles. The Bertz CT molecular complexity index is 880. The van der Waals surface area contributed by atoms with Crippen LogP contribution in [0.3, 0.4) is 0 Å². The lowest BCUT2D eigenvalue weighted by Crippen LogP contribution is -2.32. The molecule has 1 atom stereocenters. The number of sulfone groups is 1. The fourth-order valence-corrected chi connectivity index (χ4v) is 5.02. The number of anilines is 1. The van der Waals surface area contributed by atoms with Gasteiger partial charge in [-0.05, 0) is 24.5 Å². The number of rotatable bonds is 4. The molecule has 24 heavy (non-hydrogen) atoms.